The van der Waals surface area contributed by atoms with Crippen LogP contribution in [0.5, 0.6) is 5.75 Å². The first-order valence-electron chi connectivity index (χ1n) is 5.06. The third-order valence-corrected chi connectivity index (χ3v) is 2.69. The molecule has 1 aromatic carbocycles. The maximum absolute atomic E-state index is 5.93. The summed E-state index contributed by atoms with van der Waals surface area (Å²) in [6.07, 6.45) is 1.00. The summed E-state index contributed by atoms with van der Waals surface area (Å²) in [5, 5.41) is 3.17. The first-order valence-corrected chi connectivity index (χ1v) is 5.06. The van der Waals surface area contributed by atoms with Gasteiger partial charge in [0.2, 0.25) is 0 Å². The number of nitrogens with one attached hydrogen (secondary N) is 1. The fourth-order valence-corrected chi connectivity index (χ4v) is 2.12. The van der Waals surface area contributed by atoms with Gasteiger partial charge in [0.05, 0.1) is 0 Å². The minimum Gasteiger partial charge on any atom is -0.486 e. The lowest BCUT2D eigenvalue weighted by Gasteiger charge is -2.23. The molecule has 1 unspecified atom stereocenters. The number of rotatable bonds is 2. The van der Waals surface area contributed by atoms with Crippen molar-refractivity contribution in [3.63, 3.8) is 0 Å². The van der Waals surface area contributed by atoms with E-state index in [4.69, 9.17) is 4.74 Å². The summed E-state index contributed by atoms with van der Waals surface area (Å²) in [5.74, 6) is 1.05. The van der Waals surface area contributed by atoms with Gasteiger partial charge in [-0.3, -0.25) is 0 Å². The molecule has 76 valence electrons. The topological polar surface area (TPSA) is 21.3 Å². The zero-order chi connectivity index (χ0) is 10.2. The van der Waals surface area contributed by atoms with Crippen molar-refractivity contribution in [2.75, 3.05) is 13.6 Å². The monoisotopic (exact) mass is 191 g/mol. The quantitative estimate of drug-likeness (QED) is 0.771. The first-order chi connectivity index (χ1) is 6.63. The van der Waals surface area contributed by atoms with Crippen LogP contribution < -0.4 is 10.1 Å². The molecule has 1 atom stereocenters. The van der Waals surface area contributed by atoms with Crippen LogP contribution >= 0.6 is 0 Å². The van der Waals surface area contributed by atoms with E-state index in [0.717, 1.165) is 18.7 Å². The lowest BCUT2D eigenvalue weighted by molar-refractivity contribution is 0.117. The molecule has 0 radical (unpaired) electrons. The van der Waals surface area contributed by atoms with Crippen molar-refractivity contribution < 1.29 is 4.74 Å². The fourth-order valence-electron chi connectivity index (χ4n) is 2.12. The Hall–Kier alpha value is -1.02. The van der Waals surface area contributed by atoms with Gasteiger partial charge in [0.15, 0.2) is 0 Å². The molecule has 0 aromatic heterocycles. The highest BCUT2D eigenvalue weighted by atomic mass is 16.5. The van der Waals surface area contributed by atoms with Crippen molar-refractivity contribution >= 4 is 0 Å². The van der Waals surface area contributed by atoms with Crippen molar-refractivity contribution in [2.45, 2.75) is 25.9 Å². The summed E-state index contributed by atoms with van der Waals surface area (Å²) in [6.45, 7) is 5.16. The molecule has 2 nitrogen and oxygen atoms in total. The van der Waals surface area contributed by atoms with Crippen LogP contribution in [-0.4, -0.2) is 19.2 Å². The number of hydrogen-bond donors (Lipinski definition) is 1. The molecule has 2 rings (SSSR count). The summed E-state index contributed by atoms with van der Waals surface area (Å²) in [7, 11) is 1.96. The van der Waals surface area contributed by atoms with E-state index >= 15 is 0 Å². The van der Waals surface area contributed by atoms with Crippen molar-refractivity contribution in [1.82, 2.24) is 5.32 Å². The Balaban J connectivity index is 2.25. The lowest BCUT2D eigenvalue weighted by atomic mass is 9.98. The van der Waals surface area contributed by atoms with Crippen LogP contribution in [0.25, 0.3) is 0 Å². The molecule has 0 bridgehead atoms. The van der Waals surface area contributed by atoms with Gasteiger partial charge in [-0.25, -0.2) is 0 Å². The molecule has 1 aromatic rings. The Morgan fingerprint density at radius 2 is 2.29 bits per heavy atom. The minimum atomic E-state index is -0.0646. The number of benzene rings is 1. The Morgan fingerprint density at radius 1 is 1.50 bits per heavy atom. The van der Waals surface area contributed by atoms with E-state index in [1.165, 1.54) is 11.1 Å². The van der Waals surface area contributed by atoms with Gasteiger partial charge in [-0.15, -0.1) is 0 Å². The second-order valence-electron chi connectivity index (χ2n) is 4.37. The zero-order valence-corrected chi connectivity index (χ0v) is 9.05. The highest BCUT2D eigenvalue weighted by Gasteiger charge is 2.33. The number of hydrogen-bond acceptors (Lipinski definition) is 2. The normalized spacial score (nSPS) is 24.5. The average Bonchev–Trinajstić information content (AvgIpc) is 2.40. The Kier molecular flexibility index (Phi) is 2.23. The van der Waals surface area contributed by atoms with E-state index in [1.54, 1.807) is 0 Å². The molecule has 0 saturated heterocycles. The van der Waals surface area contributed by atoms with Gasteiger partial charge in [-0.05, 0) is 32.5 Å². The molecule has 0 saturated carbocycles. The first kappa shape index (κ1) is 9.53. The Morgan fingerprint density at radius 3 is 3.00 bits per heavy atom. The van der Waals surface area contributed by atoms with Gasteiger partial charge in [0, 0.05) is 13.0 Å². The SMILES string of the molecule is CNCC1(C)Cc2cc(C)ccc2O1. The van der Waals surface area contributed by atoms with Crippen LogP contribution in [-0.2, 0) is 6.42 Å². The predicted molar refractivity (Wildman–Crippen MR) is 57.8 cm³/mol. The number of aryl methyl sites for hydroxylation is 1. The third-order valence-electron chi connectivity index (χ3n) is 2.69. The molecule has 1 aliphatic rings. The van der Waals surface area contributed by atoms with Gasteiger partial charge < -0.3 is 10.1 Å². The highest BCUT2D eigenvalue weighted by Crippen LogP contribution is 2.34. The molecular formula is C12H17NO. The second kappa shape index (κ2) is 3.28. The van der Waals surface area contributed by atoms with Gasteiger partial charge in [0.25, 0.3) is 0 Å². The summed E-state index contributed by atoms with van der Waals surface area (Å²) in [4.78, 5) is 0. The molecule has 1 N–H and O–H groups in total. The maximum Gasteiger partial charge on any atom is 0.123 e. The maximum atomic E-state index is 5.93. The van der Waals surface area contributed by atoms with Crippen LogP contribution in [0, 0.1) is 6.92 Å². The van der Waals surface area contributed by atoms with Crippen LogP contribution in [0.15, 0.2) is 18.2 Å². The molecule has 0 spiro atoms. The van der Waals surface area contributed by atoms with E-state index in [1.807, 2.05) is 7.05 Å². The van der Waals surface area contributed by atoms with E-state index in [9.17, 15) is 0 Å². The minimum absolute atomic E-state index is 0.0646. The molecule has 0 fully saturated rings. The number of ether oxygens (including phenoxy) is 1. The smallest absolute Gasteiger partial charge is 0.123 e. The summed E-state index contributed by atoms with van der Waals surface area (Å²) < 4.78 is 5.93. The van der Waals surface area contributed by atoms with Gasteiger partial charge in [-0.1, -0.05) is 17.7 Å². The fraction of sp³-hybridized carbons (Fsp3) is 0.500. The standard InChI is InChI=1S/C12H17NO/c1-9-4-5-11-10(6-9)7-12(2,14-11)8-13-3/h4-6,13H,7-8H2,1-3H3. The Bertz CT molecular complexity index is 348. The van der Waals surface area contributed by atoms with Crippen LogP contribution in [0.2, 0.25) is 0 Å². The van der Waals surface area contributed by atoms with Crippen molar-refractivity contribution in [3.8, 4) is 5.75 Å². The highest BCUT2D eigenvalue weighted by molar-refractivity contribution is 5.41. The molecule has 1 aliphatic heterocycles. The van der Waals surface area contributed by atoms with Crippen LogP contribution in [0.1, 0.15) is 18.1 Å². The van der Waals surface area contributed by atoms with Gasteiger partial charge in [-0.2, -0.15) is 0 Å². The molecular weight excluding hydrogens is 174 g/mol. The lowest BCUT2D eigenvalue weighted by Crippen LogP contribution is -2.40. The molecule has 0 aliphatic carbocycles. The van der Waals surface area contributed by atoms with Crippen LogP contribution in [0.4, 0.5) is 0 Å². The third kappa shape index (κ3) is 1.62. The van der Waals surface area contributed by atoms with E-state index in [-0.39, 0.29) is 5.60 Å². The van der Waals surface area contributed by atoms with Crippen molar-refractivity contribution in [1.29, 1.82) is 0 Å². The van der Waals surface area contributed by atoms with Gasteiger partial charge in [0.1, 0.15) is 11.4 Å². The zero-order valence-electron chi connectivity index (χ0n) is 9.05. The Labute approximate surface area is 85.3 Å². The van der Waals surface area contributed by atoms with Gasteiger partial charge >= 0.3 is 0 Å². The van der Waals surface area contributed by atoms with E-state index in [0.29, 0.717) is 0 Å². The second-order valence-corrected chi connectivity index (χ2v) is 4.37. The molecule has 2 heteroatoms. The van der Waals surface area contributed by atoms with Crippen molar-refractivity contribution in [2.24, 2.45) is 0 Å². The van der Waals surface area contributed by atoms with E-state index in [2.05, 4.69) is 37.4 Å². The predicted octanol–water partition coefficient (Wildman–Crippen LogP) is 1.91. The summed E-state index contributed by atoms with van der Waals surface area (Å²) >= 11 is 0. The molecule has 14 heavy (non-hydrogen) atoms. The summed E-state index contributed by atoms with van der Waals surface area (Å²) in [5.41, 5.74) is 2.58. The average molecular weight is 191 g/mol. The number of likely N-dealkylation sites (N-methyl/N-ethyl adjacent to an activating group) is 1. The summed E-state index contributed by atoms with van der Waals surface area (Å²) in [6, 6.07) is 6.39. The van der Waals surface area contributed by atoms with E-state index < -0.39 is 0 Å². The molecule has 1 heterocycles. The number of fused-ring (bicyclic) bond motifs is 1. The largest absolute Gasteiger partial charge is 0.486 e. The van der Waals surface area contributed by atoms with Crippen LogP contribution in [0.3, 0.4) is 0 Å². The van der Waals surface area contributed by atoms with Crippen molar-refractivity contribution in [3.05, 3.63) is 29.3 Å². The molecule has 0 amide bonds.